The Morgan fingerprint density at radius 3 is 2.46 bits per heavy atom. The van der Waals surface area contributed by atoms with Crippen molar-refractivity contribution in [1.29, 1.82) is 0 Å². The SMILES string of the molecule is CCOC(=O)c1sc(NC(=O)CSc2nnc(CCC3CCCCC3)n2C)c(C(=O)OCC)c1C. The van der Waals surface area contributed by atoms with Crippen LogP contribution in [0, 0.1) is 12.8 Å². The van der Waals surface area contributed by atoms with Gasteiger partial charge in [0.15, 0.2) is 5.16 Å². The maximum atomic E-state index is 12.7. The standard InChI is InChI=1S/C24H34N4O5S2/c1-5-32-22(30)19-15(3)20(23(31)33-6-2)35-21(19)25-18(29)14-34-24-27-26-17(28(24)4)13-12-16-10-8-7-9-11-16/h16H,5-14H2,1-4H3,(H,25,29). The molecule has 1 aliphatic carbocycles. The first-order valence-electron chi connectivity index (χ1n) is 12.1. The van der Waals surface area contributed by atoms with Gasteiger partial charge in [0.05, 0.1) is 24.5 Å². The molecule has 1 fully saturated rings. The summed E-state index contributed by atoms with van der Waals surface area (Å²) in [6.45, 7) is 5.45. The Morgan fingerprint density at radius 2 is 1.77 bits per heavy atom. The third-order valence-corrected chi connectivity index (χ3v) is 8.31. The normalized spacial score (nSPS) is 14.1. The first kappa shape index (κ1) is 27.2. The maximum Gasteiger partial charge on any atom is 0.348 e. The molecule has 0 spiro atoms. The van der Waals surface area contributed by atoms with Crippen molar-refractivity contribution in [2.24, 2.45) is 13.0 Å². The highest BCUT2D eigenvalue weighted by atomic mass is 32.2. The van der Waals surface area contributed by atoms with Crippen molar-refractivity contribution in [3.05, 3.63) is 21.8 Å². The van der Waals surface area contributed by atoms with E-state index in [1.165, 1.54) is 43.9 Å². The second kappa shape index (κ2) is 13.1. The predicted octanol–water partition coefficient (Wildman–Crippen LogP) is 4.78. The van der Waals surface area contributed by atoms with Gasteiger partial charge in [0, 0.05) is 13.5 Å². The van der Waals surface area contributed by atoms with Crippen molar-refractivity contribution < 1.29 is 23.9 Å². The van der Waals surface area contributed by atoms with Gasteiger partial charge in [-0.25, -0.2) is 9.59 Å². The highest BCUT2D eigenvalue weighted by Crippen LogP contribution is 2.34. The maximum absolute atomic E-state index is 12.7. The lowest BCUT2D eigenvalue weighted by molar-refractivity contribution is -0.113. The van der Waals surface area contributed by atoms with Gasteiger partial charge >= 0.3 is 11.9 Å². The predicted molar refractivity (Wildman–Crippen MR) is 136 cm³/mol. The molecule has 1 saturated carbocycles. The van der Waals surface area contributed by atoms with Gasteiger partial charge in [-0.1, -0.05) is 43.9 Å². The summed E-state index contributed by atoms with van der Waals surface area (Å²) in [5.41, 5.74) is 0.618. The summed E-state index contributed by atoms with van der Waals surface area (Å²) in [4.78, 5) is 37.8. The van der Waals surface area contributed by atoms with Crippen LogP contribution in [0.2, 0.25) is 0 Å². The molecular formula is C24H34N4O5S2. The summed E-state index contributed by atoms with van der Waals surface area (Å²) >= 11 is 2.30. The zero-order valence-corrected chi connectivity index (χ0v) is 22.5. The number of aromatic nitrogens is 3. The Morgan fingerprint density at radius 1 is 1.09 bits per heavy atom. The molecule has 0 aliphatic heterocycles. The Labute approximate surface area is 214 Å². The van der Waals surface area contributed by atoms with Crippen LogP contribution in [0.15, 0.2) is 5.16 Å². The smallest absolute Gasteiger partial charge is 0.348 e. The molecule has 2 aromatic heterocycles. The Bertz CT molecular complexity index is 1040. The molecule has 0 bridgehead atoms. The topological polar surface area (TPSA) is 112 Å². The number of hydrogen-bond donors (Lipinski definition) is 1. The van der Waals surface area contributed by atoms with Crippen molar-refractivity contribution >= 4 is 45.9 Å². The molecule has 9 nitrogen and oxygen atoms in total. The average Bonchev–Trinajstić information content (AvgIpc) is 3.36. The third-order valence-electron chi connectivity index (χ3n) is 6.10. The molecule has 1 amide bonds. The number of ether oxygens (including phenoxy) is 2. The number of carbonyl (C=O) groups excluding carboxylic acids is 3. The fraction of sp³-hybridized carbons (Fsp3) is 0.625. The fourth-order valence-electron chi connectivity index (χ4n) is 4.23. The fourth-order valence-corrected chi connectivity index (χ4v) is 6.07. The largest absolute Gasteiger partial charge is 0.462 e. The van der Waals surface area contributed by atoms with E-state index in [2.05, 4.69) is 15.5 Å². The zero-order valence-electron chi connectivity index (χ0n) is 20.8. The third kappa shape index (κ3) is 7.07. The van der Waals surface area contributed by atoms with Crippen molar-refractivity contribution in [1.82, 2.24) is 14.8 Å². The number of hydrogen-bond acceptors (Lipinski definition) is 9. The van der Waals surface area contributed by atoms with E-state index in [-0.39, 0.29) is 40.3 Å². The highest BCUT2D eigenvalue weighted by Gasteiger charge is 2.27. The Balaban J connectivity index is 1.63. The van der Waals surface area contributed by atoms with Crippen LogP contribution in [0.25, 0.3) is 0 Å². The first-order chi connectivity index (χ1) is 16.8. The van der Waals surface area contributed by atoms with Gasteiger partial charge in [-0.3, -0.25) is 4.79 Å². The molecule has 11 heteroatoms. The number of rotatable bonds is 11. The van der Waals surface area contributed by atoms with Gasteiger partial charge in [-0.15, -0.1) is 21.5 Å². The van der Waals surface area contributed by atoms with E-state index < -0.39 is 11.9 Å². The van der Waals surface area contributed by atoms with E-state index in [0.29, 0.717) is 10.7 Å². The number of aryl methyl sites for hydroxylation is 1. The lowest BCUT2D eigenvalue weighted by atomic mass is 9.86. The number of anilines is 1. The molecular weight excluding hydrogens is 488 g/mol. The summed E-state index contributed by atoms with van der Waals surface area (Å²) in [7, 11) is 1.92. The first-order valence-corrected chi connectivity index (χ1v) is 13.9. The summed E-state index contributed by atoms with van der Waals surface area (Å²) in [5, 5.41) is 12.3. The van der Waals surface area contributed by atoms with Crippen LogP contribution in [0.3, 0.4) is 0 Å². The van der Waals surface area contributed by atoms with E-state index in [9.17, 15) is 14.4 Å². The zero-order chi connectivity index (χ0) is 25.4. The number of thiophene rings is 1. The van der Waals surface area contributed by atoms with Gasteiger partial charge in [-0.2, -0.15) is 0 Å². The van der Waals surface area contributed by atoms with Gasteiger partial charge in [-0.05, 0) is 38.7 Å². The highest BCUT2D eigenvalue weighted by molar-refractivity contribution is 7.99. The second-order valence-electron chi connectivity index (χ2n) is 8.54. The van der Waals surface area contributed by atoms with Crippen molar-refractivity contribution in [2.75, 3.05) is 24.3 Å². The summed E-state index contributed by atoms with van der Waals surface area (Å²) < 4.78 is 12.2. The van der Waals surface area contributed by atoms with E-state index in [4.69, 9.17) is 9.47 Å². The van der Waals surface area contributed by atoms with Gasteiger partial charge in [0.2, 0.25) is 5.91 Å². The molecule has 1 aliphatic rings. The van der Waals surface area contributed by atoms with Crippen molar-refractivity contribution in [3.63, 3.8) is 0 Å². The quantitative estimate of drug-likeness (QED) is 0.331. The molecule has 0 saturated heterocycles. The number of amides is 1. The monoisotopic (exact) mass is 522 g/mol. The van der Waals surface area contributed by atoms with Gasteiger partial charge < -0.3 is 19.4 Å². The van der Waals surface area contributed by atoms with E-state index in [1.54, 1.807) is 20.8 Å². The van der Waals surface area contributed by atoms with E-state index in [1.807, 2.05) is 11.6 Å². The van der Waals surface area contributed by atoms with Crippen LogP contribution in [0.5, 0.6) is 0 Å². The molecule has 0 atom stereocenters. The van der Waals surface area contributed by atoms with E-state index in [0.717, 1.165) is 35.9 Å². The van der Waals surface area contributed by atoms with E-state index >= 15 is 0 Å². The molecule has 1 N–H and O–H groups in total. The Kier molecular flexibility index (Phi) is 10.1. The van der Waals surface area contributed by atoms with Crippen LogP contribution in [-0.2, 0) is 27.7 Å². The van der Waals surface area contributed by atoms with Crippen LogP contribution < -0.4 is 5.32 Å². The molecule has 35 heavy (non-hydrogen) atoms. The number of carbonyl (C=O) groups is 3. The van der Waals surface area contributed by atoms with Gasteiger partial charge in [0.1, 0.15) is 15.7 Å². The molecule has 0 unspecified atom stereocenters. The Hall–Kier alpha value is -2.40. The summed E-state index contributed by atoms with van der Waals surface area (Å²) in [6, 6.07) is 0. The molecule has 2 heterocycles. The van der Waals surface area contributed by atoms with Crippen molar-refractivity contribution in [3.8, 4) is 0 Å². The molecule has 0 radical (unpaired) electrons. The molecule has 192 valence electrons. The number of nitrogens with one attached hydrogen (secondary N) is 1. The molecule has 2 aromatic rings. The number of esters is 2. The lowest BCUT2D eigenvalue weighted by Gasteiger charge is -2.20. The van der Waals surface area contributed by atoms with Crippen LogP contribution in [-0.4, -0.2) is 51.6 Å². The minimum atomic E-state index is -0.587. The number of thioether (sulfide) groups is 1. The minimum Gasteiger partial charge on any atom is -0.462 e. The van der Waals surface area contributed by atoms with Crippen molar-refractivity contribution in [2.45, 2.75) is 70.9 Å². The minimum absolute atomic E-state index is 0.0859. The average molecular weight is 523 g/mol. The lowest BCUT2D eigenvalue weighted by Crippen LogP contribution is -2.17. The van der Waals surface area contributed by atoms with Gasteiger partial charge in [0.25, 0.3) is 0 Å². The number of nitrogens with zero attached hydrogens (tertiary/aromatic N) is 3. The van der Waals surface area contributed by atoms with Crippen LogP contribution >= 0.6 is 23.1 Å². The molecule has 3 rings (SSSR count). The second-order valence-corrected chi connectivity index (χ2v) is 10.5. The van der Waals surface area contributed by atoms with Crippen LogP contribution in [0.1, 0.15) is 83.8 Å². The van der Waals surface area contributed by atoms with Crippen LogP contribution in [0.4, 0.5) is 5.00 Å². The molecule has 0 aromatic carbocycles. The summed E-state index contributed by atoms with van der Waals surface area (Å²) in [5.74, 6) is 0.346. The summed E-state index contributed by atoms with van der Waals surface area (Å²) in [6.07, 6.45) is 8.59.